The Kier molecular flexibility index (Phi) is 2.54. The van der Waals surface area contributed by atoms with Crippen LogP contribution in [0.1, 0.15) is 11.3 Å². The third kappa shape index (κ3) is 1.82. The van der Waals surface area contributed by atoms with Gasteiger partial charge in [0.25, 0.3) is 0 Å². The molecular weight excluding hydrogens is 272 g/mol. The molecule has 1 aliphatic heterocycles. The summed E-state index contributed by atoms with van der Waals surface area (Å²) in [7, 11) is 0. The van der Waals surface area contributed by atoms with Crippen molar-refractivity contribution in [2.75, 3.05) is 17.2 Å². The lowest BCUT2D eigenvalue weighted by molar-refractivity contribution is 0.267. The van der Waals surface area contributed by atoms with Gasteiger partial charge in [0, 0.05) is 12.1 Å². The lowest BCUT2D eigenvalue weighted by Gasteiger charge is -2.17. The first-order chi connectivity index (χ1) is 10.3. The smallest absolute Gasteiger partial charge is 0.224 e. The summed E-state index contributed by atoms with van der Waals surface area (Å²) in [5, 5.41) is 13.4. The van der Waals surface area contributed by atoms with Gasteiger partial charge in [0.15, 0.2) is 11.5 Å². The molecule has 0 radical (unpaired) electrons. The molecule has 0 saturated carbocycles. The Labute approximate surface area is 119 Å². The topological polar surface area (TPSA) is 122 Å². The highest BCUT2D eigenvalue weighted by molar-refractivity contribution is 5.84. The molecule has 0 bridgehead atoms. The van der Waals surface area contributed by atoms with Gasteiger partial charge in [-0.1, -0.05) is 0 Å². The highest BCUT2D eigenvalue weighted by Gasteiger charge is 2.26. The van der Waals surface area contributed by atoms with E-state index in [-0.39, 0.29) is 12.6 Å². The molecule has 9 nitrogen and oxygen atoms in total. The Morgan fingerprint density at radius 1 is 1.33 bits per heavy atom. The zero-order valence-corrected chi connectivity index (χ0v) is 11.2. The summed E-state index contributed by atoms with van der Waals surface area (Å²) < 4.78 is 1.82. The van der Waals surface area contributed by atoms with Crippen molar-refractivity contribution in [3.8, 4) is 0 Å². The van der Waals surface area contributed by atoms with Gasteiger partial charge >= 0.3 is 0 Å². The number of nitrogens with one attached hydrogen (secondary N) is 1. The van der Waals surface area contributed by atoms with Crippen LogP contribution in [0.5, 0.6) is 0 Å². The van der Waals surface area contributed by atoms with Crippen LogP contribution < -0.4 is 10.6 Å². The van der Waals surface area contributed by atoms with E-state index in [0.29, 0.717) is 25.3 Å². The second-order valence-electron chi connectivity index (χ2n) is 4.93. The fourth-order valence-corrected chi connectivity index (χ4v) is 2.71. The molecule has 0 saturated heterocycles. The summed E-state index contributed by atoms with van der Waals surface area (Å²) >= 11 is 0. The Hall–Kier alpha value is -2.68. The van der Waals surface area contributed by atoms with E-state index in [1.807, 2.05) is 10.9 Å². The standard InChI is InChI=1S/C12H14N8O/c13-12-17-10-9(14-6-15-10)11(18-12)19-4-7-3-16-20(1-2-21)8(7)5-19/h3,6,21H,1-2,4-5H2,(H3,13,14,15,17,18). The first kappa shape index (κ1) is 12.1. The molecule has 0 amide bonds. The van der Waals surface area contributed by atoms with Gasteiger partial charge in [0.2, 0.25) is 5.95 Å². The second-order valence-corrected chi connectivity index (χ2v) is 4.93. The monoisotopic (exact) mass is 286 g/mol. The summed E-state index contributed by atoms with van der Waals surface area (Å²) in [6.45, 7) is 1.93. The van der Waals surface area contributed by atoms with E-state index in [1.54, 1.807) is 6.33 Å². The van der Waals surface area contributed by atoms with Crippen molar-refractivity contribution in [1.29, 1.82) is 0 Å². The van der Waals surface area contributed by atoms with Crippen molar-refractivity contribution >= 4 is 22.9 Å². The lowest BCUT2D eigenvalue weighted by Crippen LogP contribution is -2.19. The Balaban J connectivity index is 1.73. The second kappa shape index (κ2) is 4.42. The zero-order chi connectivity index (χ0) is 14.4. The van der Waals surface area contributed by atoms with Crippen LogP contribution in [0.4, 0.5) is 11.8 Å². The number of hydrogen-bond donors (Lipinski definition) is 3. The number of aromatic amines is 1. The van der Waals surface area contributed by atoms with Crippen LogP contribution in [0.2, 0.25) is 0 Å². The summed E-state index contributed by atoms with van der Waals surface area (Å²) in [6.07, 6.45) is 3.42. The molecule has 0 atom stereocenters. The number of nitrogen functional groups attached to an aromatic ring is 1. The number of nitrogens with zero attached hydrogens (tertiary/aromatic N) is 6. The maximum atomic E-state index is 9.08. The third-order valence-corrected chi connectivity index (χ3v) is 3.63. The first-order valence-electron chi connectivity index (χ1n) is 6.62. The highest BCUT2D eigenvalue weighted by Crippen LogP contribution is 2.30. The molecule has 0 fully saturated rings. The fourth-order valence-electron chi connectivity index (χ4n) is 2.71. The molecule has 4 heterocycles. The van der Waals surface area contributed by atoms with Crippen molar-refractivity contribution in [1.82, 2.24) is 29.7 Å². The van der Waals surface area contributed by atoms with Crippen molar-refractivity contribution < 1.29 is 5.11 Å². The minimum absolute atomic E-state index is 0.0688. The van der Waals surface area contributed by atoms with Gasteiger partial charge in [-0.05, 0) is 0 Å². The molecule has 0 aromatic carbocycles. The van der Waals surface area contributed by atoms with E-state index in [4.69, 9.17) is 10.8 Å². The minimum atomic E-state index is 0.0688. The van der Waals surface area contributed by atoms with Crippen molar-refractivity contribution in [3.63, 3.8) is 0 Å². The predicted octanol–water partition coefficient (Wildman–Crippen LogP) is -0.356. The van der Waals surface area contributed by atoms with Crippen LogP contribution >= 0.6 is 0 Å². The molecule has 4 N–H and O–H groups in total. The molecule has 0 aliphatic carbocycles. The average Bonchev–Trinajstić information content (AvgIpc) is 3.14. The van der Waals surface area contributed by atoms with Gasteiger partial charge in [-0.25, -0.2) is 4.98 Å². The number of fused-ring (bicyclic) bond motifs is 2. The first-order valence-corrected chi connectivity index (χ1v) is 6.62. The Morgan fingerprint density at radius 2 is 2.24 bits per heavy atom. The zero-order valence-electron chi connectivity index (χ0n) is 11.2. The van der Waals surface area contributed by atoms with E-state index in [1.165, 1.54) is 0 Å². The van der Waals surface area contributed by atoms with E-state index in [0.717, 1.165) is 22.6 Å². The fraction of sp³-hybridized carbons (Fsp3) is 0.333. The predicted molar refractivity (Wildman–Crippen MR) is 75.3 cm³/mol. The van der Waals surface area contributed by atoms with Crippen molar-refractivity contribution in [2.24, 2.45) is 0 Å². The lowest BCUT2D eigenvalue weighted by atomic mass is 10.3. The number of aromatic nitrogens is 6. The molecule has 4 rings (SSSR count). The largest absolute Gasteiger partial charge is 0.394 e. The van der Waals surface area contributed by atoms with Crippen LogP contribution in [0.15, 0.2) is 12.5 Å². The van der Waals surface area contributed by atoms with Gasteiger partial charge in [-0.2, -0.15) is 15.1 Å². The molecule has 3 aromatic rings. The SMILES string of the molecule is Nc1nc(N2Cc3cnn(CCO)c3C2)c2[nH]cnc2n1. The minimum Gasteiger partial charge on any atom is -0.394 e. The van der Waals surface area contributed by atoms with Crippen LogP contribution in [-0.2, 0) is 19.6 Å². The van der Waals surface area contributed by atoms with Gasteiger partial charge in [-0.15, -0.1) is 0 Å². The maximum absolute atomic E-state index is 9.08. The van der Waals surface area contributed by atoms with E-state index >= 15 is 0 Å². The number of rotatable bonds is 3. The molecule has 21 heavy (non-hydrogen) atoms. The van der Waals surface area contributed by atoms with E-state index < -0.39 is 0 Å². The number of hydrogen-bond acceptors (Lipinski definition) is 7. The number of aliphatic hydroxyl groups excluding tert-OH is 1. The number of nitrogens with two attached hydrogens (primary N) is 1. The number of anilines is 2. The highest BCUT2D eigenvalue weighted by atomic mass is 16.3. The van der Waals surface area contributed by atoms with Crippen LogP contribution in [0.3, 0.4) is 0 Å². The molecule has 3 aromatic heterocycles. The van der Waals surface area contributed by atoms with Crippen LogP contribution in [0, 0.1) is 0 Å². The van der Waals surface area contributed by atoms with Crippen molar-refractivity contribution in [3.05, 3.63) is 23.8 Å². The van der Waals surface area contributed by atoms with Crippen LogP contribution in [0.25, 0.3) is 11.2 Å². The number of aliphatic hydroxyl groups is 1. The quantitative estimate of drug-likeness (QED) is 0.601. The third-order valence-electron chi connectivity index (χ3n) is 3.63. The number of imidazole rings is 1. The van der Waals surface area contributed by atoms with Gasteiger partial charge in [-0.3, -0.25) is 4.68 Å². The van der Waals surface area contributed by atoms with Gasteiger partial charge in [0.05, 0.1) is 37.9 Å². The molecule has 1 aliphatic rings. The molecule has 9 heteroatoms. The summed E-state index contributed by atoms with van der Waals surface area (Å²) in [5.74, 6) is 0.944. The Morgan fingerprint density at radius 3 is 3.10 bits per heavy atom. The van der Waals surface area contributed by atoms with Gasteiger partial charge in [0.1, 0.15) is 5.52 Å². The normalized spacial score (nSPS) is 14.0. The molecule has 108 valence electrons. The molecular formula is C12H14N8O. The summed E-state index contributed by atoms with van der Waals surface area (Å²) in [4.78, 5) is 17.7. The average molecular weight is 286 g/mol. The Bertz CT molecular complexity index is 807. The van der Waals surface area contributed by atoms with E-state index in [9.17, 15) is 0 Å². The van der Waals surface area contributed by atoms with Crippen LogP contribution in [-0.4, -0.2) is 41.4 Å². The molecule has 0 spiro atoms. The van der Waals surface area contributed by atoms with E-state index in [2.05, 4.69) is 29.9 Å². The summed E-state index contributed by atoms with van der Waals surface area (Å²) in [6, 6.07) is 0. The van der Waals surface area contributed by atoms with Crippen molar-refractivity contribution in [2.45, 2.75) is 19.6 Å². The molecule has 0 unspecified atom stereocenters. The van der Waals surface area contributed by atoms with Gasteiger partial charge < -0.3 is 20.7 Å². The maximum Gasteiger partial charge on any atom is 0.224 e. The summed E-state index contributed by atoms with van der Waals surface area (Å²) in [5.41, 5.74) is 9.32. The number of H-pyrrole nitrogens is 1.